The lowest BCUT2D eigenvalue weighted by atomic mass is 10.2. The second-order valence-electron chi connectivity index (χ2n) is 3.10. The molecule has 0 fully saturated rings. The Morgan fingerprint density at radius 2 is 2.15 bits per heavy atom. The summed E-state index contributed by atoms with van der Waals surface area (Å²) < 4.78 is 2.14. The van der Waals surface area contributed by atoms with E-state index in [1.807, 2.05) is 0 Å². The predicted molar refractivity (Wildman–Crippen MR) is 59.4 cm³/mol. The number of halogens is 1. The quantitative estimate of drug-likeness (QED) is 0.729. The van der Waals surface area contributed by atoms with Crippen molar-refractivity contribution in [2.24, 2.45) is 0 Å². The van der Waals surface area contributed by atoms with E-state index in [1.165, 1.54) is 11.4 Å². The van der Waals surface area contributed by atoms with Gasteiger partial charge in [-0.2, -0.15) is 5.10 Å². The minimum Gasteiger partial charge on any atom is -0.269 e. The summed E-state index contributed by atoms with van der Waals surface area (Å²) >= 11 is 3.44. The molecule has 0 saturated heterocycles. The van der Waals surface area contributed by atoms with Crippen molar-refractivity contribution in [3.8, 4) is 0 Å². The van der Waals surface area contributed by atoms with Gasteiger partial charge in [-0.1, -0.05) is 29.8 Å². The number of hydrogen-bond donors (Lipinski definition) is 0. The summed E-state index contributed by atoms with van der Waals surface area (Å²) in [5.74, 6) is 0. The Kier molecular flexibility index (Phi) is 4.50. The monoisotopic (exact) mass is 244 g/mol. The molecule has 0 saturated carbocycles. The minimum atomic E-state index is 1.04. The molecule has 0 radical (unpaired) electrons. The summed E-state index contributed by atoms with van der Waals surface area (Å²) in [5, 5.41) is 5.59. The molecule has 1 heterocycles. The van der Waals surface area contributed by atoms with Crippen molar-refractivity contribution in [2.45, 2.75) is 39.7 Å². The molecule has 0 aliphatic heterocycles. The van der Waals surface area contributed by atoms with Crippen LogP contribution in [0.5, 0.6) is 0 Å². The molecule has 0 unspecified atom stereocenters. The zero-order chi connectivity index (χ0) is 9.68. The van der Waals surface area contributed by atoms with Gasteiger partial charge in [0.2, 0.25) is 0 Å². The van der Waals surface area contributed by atoms with Crippen LogP contribution in [0.4, 0.5) is 0 Å². The van der Waals surface area contributed by atoms with Crippen LogP contribution < -0.4 is 0 Å². The molecule has 13 heavy (non-hydrogen) atoms. The summed E-state index contributed by atoms with van der Waals surface area (Å²) in [5.41, 5.74) is 2.57. The molecule has 1 rings (SSSR count). The zero-order valence-corrected chi connectivity index (χ0v) is 9.97. The van der Waals surface area contributed by atoms with E-state index in [4.69, 9.17) is 0 Å². The topological polar surface area (TPSA) is 17.8 Å². The van der Waals surface area contributed by atoms with Crippen LogP contribution in [0.25, 0.3) is 0 Å². The third-order valence-corrected chi connectivity index (χ3v) is 2.70. The molecule has 0 aliphatic carbocycles. The van der Waals surface area contributed by atoms with Crippen molar-refractivity contribution in [3.05, 3.63) is 17.5 Å². The highest BCUT2D eigenvalue weighted by atomic mass is 79.9. The molecular weight excluding hydrogens is 228 g/mol. The van der Waals surface area contributed by atoms with Crippen molar-refractivity contribution in [1.82, 2.24) is 9.78 Å². The average Bonchev–Trinajstić information content (AvgIpc) is 2.57. The first-order valence-electron chi connectivity index (χ1n) is 4.93. The Balaban J connectivity index is 2.71. The van der Waals surface area contributed by atoms with Gasteiger partial charge in [0.15, 0.2) is 0 Å². The first kappa shape index (κ1) is 10.8. The van der Waals surface area contributed by atoms with Crippen LogP contribution in [-0.2, 0) is 19.4 Å². The summed E-state index contributed by atoms with van der Waals surface area (Å²) in [6.07, 6.45) is 3.27. The van der Waals surface area contributed by atoms with Crippen molar-refractivity contribution in [2.75, 3.05) is 5.33 Å². The van der Waals surface area contributed by atoms with Crippen LogP contribution in [-0.4, -0.2) is 15.1 Å². The fourth-order valence-electron chi connectivity index (χ4n) is 1.38. The smallest absolute Gasteiger partial charge is 0.0624 e. The van der Waals surface area contributed by atoms with Gasteiger partial charge in [-0.15, -0.1) is 0 Å². The maximum atomic E-state index is 4.53. The van der Waals surface area contributed by atoms with E-state index in [0.29, 0.717) is 0 Å². The van der Waals surface area contributed by atoms with Crippen LogP contribution >= 0.6 is 15.9 Å². The molecule has 1 aromatic rings. The third-order valence-electron chi connectivity index (χ3n) is 2.14. The van der Waals surface area contributed by atoms with Gasteiger partial charge in [-0.05, 0) is 25.3 Å². The van der Waals surface area contributed by atoms with Gasteiger partial charge < -0.3 is 0 Å². The van der Waals surface area contributed by atoms with Crippen molar-refractivity contribution < 1.29 is 0 Å². The molecular formula is C10H17BrN2. The van der Waals surface area contributed by atoms with E-state index in [9.17, 15) is 0 Å². The molecule has 0 spiro atoms. The summed E-state index contributed by atoms with van der Waals surface area (Å²) in [7, 11) is 0. The van der Waals surface area contributed by atoms with Crippen molar-refractivity contribution in [3.63, 3.8) is 0 Å². The van der Waals surface area contributed by atoms with Crippen molar-refractivity contribution >= 4 is 15.9 Å². The van der Waals surface area contributed by atoms with Gasteiger partial charge >= 0.3 is 0 Å². The number of aromatic nitrogens is 2. The number of aryl methyl sites for hydroxylation is 3. The second kappa shape index (κ2) is 5.43. The molecule has 0 N–H and O–H groups in total. The standard InChI is InChI=1S/C10H17BrN2/c1-3-9-8-10(4-2)13(12-9)7-5-6-11/h8H,3-7H2,1-2H3. The Morgan fingerprint density at radius 1 is 1.38 bits per heavy atom. The highest BCUT2D eigenvalue weighted by Crippen LogP contribution is 2.07. The first-order chi connectivity index (χ1) is 6.31. The van der Waals surface area contributed by atoms with Gasteiger partial charge in [-0.3, -0.25) is 4.68 Å². The van der Waals surface area contributed by atoms with E-state index in [-0.39, 0.29) is 0 Å². The SMILES string of the molecule is CCc1cc(CC)n(CCCBr)n1. The molecule has 74 valence electrons. The molecule has 0 aliphatic rings. The Hall–Kier alpha value is -0.310. The lowest BCUT2D eigenvalue weighted by Gasteiger charge is -2.03. The maximum Gasteiger partial charge on any atom is 0.0624 e. The highest BCUT2D eigenvalue weighted by molar-refractivity contribution is 9.09. The van der Waals surface area contributed by atoms with Crippen LogP contribution in [0, 0.1) is 0 Å². The number of alkyl halides is 1. The van der Waals surface area contributed by atoms with Crippen molar-refractivity contribution in [1.29, 1.82) is 0 Å². The average molecular weight is 245 g/mol. The van der Waals surface area contributed by atoms with Gasteiger partial charge in [0, 0.05) is 17.6 Å². The largest absolute Gasteiger partial charge is 0.269 e. The number of hydrogen-bond acceptors (Lipinski definition) is 1. The fraction of sp³-hybridized carbons (Fsp3) is 0.700. The molecule has 0 amide bonds. The zero-order valence-electron chi connectivity index (χ0n) is 8.39. The normalized spacial score (nSPS) is 10.7. The van der Waals surface area contributed by atoms with Crippen LogP contribution in [0.3, 0.4) is 0 Å². The Morgan fingerprint density at radius 3 is 2.69 bits per heavy atom. The van der Waals surface area contributed by atoms with E-state index in [0.717, 1.165) is 31.1 Å². The first-order valence-corrected chi connectivity index (χ1v) is 6.05. The van der Waals surface area contributed by atoms with Gasteiger partial charge in [0.05, 0.1) is 5.69 Å². The van der Waals surface area contributed by atoms with E-state index < -0.39 is 0 Å². The molecule has 3 heteroatoms. The van der Waals surface area contributed by atoms with E-state index in [2.05, 4.69) is 45.6 Å². The molecule has 2 nitrogen and oxygen atoms in total. The van der Waals surface area contributed by atoms with Crippen LogP contribution in [0.2, 0.25) is 0 Å². The van der Waals surface area contributed by atoms with Gasteiger partial charge in [0.25, 0.3) is 0 Å². The number of nitrogens with zero attached hydrogens (tertiary/aromatic N) is 2. The molecule has 0 atom stereocenters. The lowest BCUT2D eigenvalue weighted by Crippen LogP contribution is -2.04. The fourth-order valence-corrected chi connectivity index (χ4v) is 1.63. The number of rotatable bonds is 5. The van der Waals surface area contributed by atoms with Gasteiger partial charge in [-0.25, -0.2) is 0 Å². The third kappa shape index (κ3) is 2.83. The molecule has 1 aromatic heterocycles. The van der Waals surface area contributed by atoms with Crippen LogP contribution in [0.15, 0.2) is 6.07 Å². The van der Waals surface area contributed by atoms with Gasteiger partial charge in [0.1, 0.15) is 0 Å². The summed E-state index contributed by atoms with van der Waals surface area (Å²) in [4.78, 5) is 0. The Labute approximate surface area is 88.5 Å². The van der Waals surface area contributed by atoms with E-state index >= 15 is 0 Å². The molecule has 0 bridgehead atoms. The van der Waals surface area contributed by atoms with Crippen LogP contribution in [0.1, 0.15) is 31.7 Å². The molecule has 0 aromatic carbocycles. The predicted octanol–water partition coefficient (Wildman–Crippen LogP) is 2.79. The minimum absolute atomic E-state index is 1.04. The summed E-state index contributed by atoms with van der Waals surface area (Å²) in [6.45, 7) is 5.37. The lowest BCUT2D eigenvalue weighted by molar-refractivity contribution is 0.575. The second-order valence-corrected chi connectivity index (χ2v) is 3.89. The summed E-state index contributed by atoms with van der Waals surface area (Å²) in [6, 6.07) is 2.22. The highest BCUT2D eigenvalue weighted by Gasteiger charge is 2.03. The maximum absolute atomic E-state index is 4.53. The van der Waals surface area contributed by atoms with E-state index in [1.54, 1.807) is 0 Å². The Bertz CT molecular complexity index is 255.